The van der Waals surface area contributed by atoms with E-state index >= 15 is 0 Å². The molecule has 0 bridgehead atoms. The predicted molar refractivity (Wildman–Crippen MR) is 122 cm³/mol. The normalized spacial score (nSPS) is 21.7. The zero-order valence-electron chi connectivity index (χ0n) is 17.7. The van der Waals surface area contributed by atoms with Gasteiger partial charge in [-0.15, -0.1) is 0 Å². The molecule has 1 unspecified atom stereocenters. The molecule has 1 amide bonds. The first kappa shape index (κ1) is 21.2. The van der Waals surface area contributed by atoms with Crippen molar-refractivity contribution in [3.63, 3.8) is 0 Å². The zero-order chi connectivity index (χ0) is 22.0. The molecule has 2 saturated heterocycles. The van der Waals surface area contributed by atoms with Gasteiger partial charge in [0.1, 0.15) is 11.4 Å². The van der Waals surface area contributed by atoms with Gasteiger partial charge in [0.15, 0.2) is 5.82 Å². The molecule has 0 radical (unpaired) electrons. The van der Waals surface area contributed by atoms with Crippen LogP contribution in [0.4, 0.5) is 4.39 Å². The minimum absolute atomic E-state index is 0.0370. The molecule has 1 N–H and O–H groups in total. The second-order valence-corrected chi connectivity index (χ2v) is 9.27. The van der Waals surface area contributed by atoms with Crippen molar-refractivity contribution in [2.45, 2.75) is 12.0 Å². The largest absolute Gasteiger partial charge is 0.379 e. The Morgan fingerprint density at radius 3 is 2.62 bits per heavy atom. The topological polar surface area (TPSA) is 64.3 Å². The molecule has 2 fully saturated rings. The molecule has 168 valence electrons. The highest BCUT2D eigenvalue weighted by atomic mass is 32.2. The number of morpholine rings is 1. The minimum Gasteiger partial charge on any atom is -0.379 e. The van der Waals surface area contributed by atoms with E-state index in [1.54, 1.807) is 23.0 Å². The molecular formula is C23H26FN5O2S. The van der Waals surface area contributed by atoms with Crippen molar-refractivity contribution in [2.75, 3.05) is 44.4 Å². The van der Waals surface area contributed by atoms with Gasteiger partial charge in [-0.05, 0) is 48.6 Å². The van der Waals surface area contributed by atoms with Crippen molar-refractivity contribution in [1.82, 2.24) is 24.6 Å². The van der Waals surface area contributed by atoms with Gasteiger partial charge in [0.2, 0.25) is 0 Å². The molecule has 1 atom stereocenters. The van der Waals surface area contributed by atoms with Crippen LogP contribution in [0, 0.1) is 5.82 Å². The second kappa shape index (κ2) is 9.09. The maximum atomic E-state index is 13.4. The summed E-state index contributed by atoms with van der Waals surface area (Å²) in [6, 6.07) is 9.88. The molecule has 32 heavy (non-hydrogen) atoms. The van der Waals surface area contributed by atoms with Gasteiger partial charge in [-0.1, -0.05) is 0 Å². The van der Waals surface area contributed by atoms with Gasteiger partial charge in [0.05, 0.1) is 25.1 Å². The molecule has 7 nitrogen and oxygen atoms in total. The number of nitrogens with one attached hydrogen (secondary N) is 1. The second-order valence-electron chi connectivity index (χ2n) is 8.17. The number of hydrogen-bond donors (Lipinski definition) is 1. The number of amides is 1. The van der Waals surface area contributed by atoms with Gasteiger partial charge >= 0.3 is 0 Å². The Labute approximate surface area is 190 Å². The third-order valence-electron chi connectivity index (χ3n) is 6.25. The fourth-order valence-electron chi connectivity index (χ4n) is 4.47. The quantitative estimate of drug-likeness (QED) is 0.619. The summed E-state index contributed by atoms with van der Waals surface area (Å²) in [6.07, 6.45) is 6.38. The van der Waals surface area contributed by atoms with E-state index in [9.17, 15) is 9.18 Å². The van der Waals surface area contributed by atoms with Crippen molar-refractivity contribution < 1.29 is 13.9 Å². The third-order valence-corrected chi connectivity index (χ3v) is 7.49. The molecule has 4 heterocycles. The number of rotatable bonds is 6. The van der Waals surface area contributed by atoms with Crippen LogP contribution in [0.5, 0.6) is 0 Å². The first-order valence-corrected chi connectivity index (χ1v) is 12.0. The maximum absolute atomic E-state index is 13.4. The molecule has 0 spiro atoms. The molecule has 2 aliphatic heterocycles. The summed E-state index contributed by atoms with van der Waals surface area (Å²) in [4.78, 5) is 15.8. The Kier molecular flexibility index (Phi) is 6.03. The first-order chi connectivity index (χ1) is 15.7. The van der Waals surface area contributed by atoms with Crippen molar-refractivity contribution in [3.8, 4) is 11.5 Å². The van der Waals surface area contributed by atoms with Gasteiger partial charge < -0.3 is 14.6 Å². The van der Waals surface area contributed by atoms with Gasteiger partial charge in [0, 0.05) is 43.3 Å². The number of benzene rings is 1. The summed E-state index contributed by atoms with van der Waals surface area (Å²) in [7, 11) is 0. The Bertz CT molecular complexity index is 1050. The van der Waals surface area contributed by atoms with Crippen LogP contribution in [0.3, 0.4) is 0 Å². The summed E-state index contributed by atoms with van der Waals surface area (Å²) in [5.41, 5.74) is 1.13. The van der Waals surface area contributed by atoms with Crippen LogP contribution in [-0.2, 0) is 4.74 Å². The van der Waals surface area contributed by atoms with Crippen molar-refractivity contribution >= 4 is 17.7 Å². The predicted octanol–water partition coefficient (Wildman–Crippen LogP) is 2.74. The van der Waals surface area contributed by atoms with Gasteiger partial charge in [-0.25, -0.2) is 9.07 Å². The molecule has 9 heteroatoms. The van der Waals surface area contributed by atoms with Gasteiger partial charge in [-0.3, -0.25) is 9.69 Å². The lowest BCUT2D eigenvalue weighted by Gasteiger charge is -2.43. The Hall–Kier alpha value is -2.62. The number of carbonyl (C=O) groups is 1. The third kappa shape index (κ3) is 4.07. The first-order valence-electron chi connectivity index (χ1n) is 10.8. The molecule has 2 aliphatic rings. The lowest BCUT2D eigenvalue weighted by atomic mass is 9.95. The van der Waals surface area contributed by atoms with Crippen LogP contribution in [0.1, 0.15) is 16.8 Å². The highest BCUT2D eigenvalue weighted by molar-refractivity contribution is 7.99. The van der Waals surface area contributed by atoms with Gasteiger partial charge in [-0.2, -0.15) is 16.9 Å². The summed E-state index contributed by atoms with van der Waals surface area (Å²) < 4.78 is 22.5. The van der Waals surface area contributed by atoms with E-state index in [1.807, 2.05) is 40.9 Å². The standard InChI is InChI=1S/C23H26FN5O2S/c24-18-3-5-19(6-4-18)29-22(27-8-1-2-9-27)20(15-26-29)21(30)25-16-23(7-14-32-17-23)28-10-12-31-13-11-28/h1-6,8-9,15H,7,10-14,16-17H2,(H,25,30). The molecule has 0 aliphatic carbocycles. The number of halogens is 1. The van der Waals surface area contributed by atoms with Crippen LogP contribution in [0.2, 0.25) is 0 Å². The Morgan fingerprint density at radius 2 is 1.94 bits per heavy atom. The molecule has 0 saturated carbocycles. The van der Waals surface area contributed by atoms with Crippen molar-refractivity contribution in [3.05, 3.63) is 66.4 Å². The van der Waals surface area contributed by atoms with Crippen LogP contribution in [0.25, 0.3) is 11.5 Å². The average molecular weight is 456 g/mol. The number of hydrogen-bond acceptors (Lipinski definition) is 5. The van der Waals surface area contributed by atoms with E-state index in [1.165, 1.54) is 12.1 Å². The molecule has 5 rings (SSSR count). The van der Waals surface area contributed by atoms with E-state index in [0.717, 1.165) is 44.2 Å². The number of nitrogens with zero attached hydrogens (tertiary/aromatic N) is 4. The zero-order valence-corrected chi connectivity index (χ0v) is 18.6. The summed E-state index contributed by atoms with van der Waals surface area (Å²) in [5, 5.41) is 7.66. The van der Waals surface area contributed by atoms with Crippen LogP contribution in [-0.4, -0.2) is 75.0 Å². The van der Waals surface area contributed by atoms with E-state index in [-0.39, 0.29) is 17.3 Å². The molecule has 2 aromatic heterocycles. The van der Waals surface area contributed by atoms with Crippen LogP contribution >= 0.6 is 11.8 Å². The Morgan fingerprint density at radius 1 is 1.19 bits per heavy atom. The van der Waals surface area contributed by atoms with E-state index < -0.39 is 0 Å². The van der Waals surface area contributed by atoms with Gasteiger partial charge in [0.25, 0.3) is 5.91 Å². The van der Waals surface area contributed by atoms with Crippen molar-refractivity contribution in [1.29, 1.82) is 0 Å². The van der Waals surface area contributed by atoms with E-state index in [4.69, 9.17) is 4.74 Å². The summed E-state index contributed by atoms with van der Waals surface area (Å²) >= 11 is 1.94. The monoisotopic (exact) mass is 455 g/mol. The molecule has 3 aromatic rings. The minimum atomic E-state index is -0.316. The fourth-order valence-corrected chi connectivity index (χ4v) is 5.95. The number of thioether (sulfide) groups is 1. The van der Waals surface area contributed by atoms with E-state index in [2.05, 4.69) is 15.3 Å². The number of aromatic nitrogens is 3. The Balaban J connectivity index is 1.41. The molecular weight excluding hydrogens is 429 g/mol. The smallest absolute Gasteiger partial charge is 0.256 e. The lowest BCUT2D eigenvalue weighted by molar-refractivity contribution is -0.0129. The van der Waals surface area contributed by atoms with E-state index in [0.29, 0.717) is 23.6 Å². The summed E-state index contributed by atoms with van der Waals surface area (Å²) in [5.74, 6) is 2.26. The highest BCUT2D eigenvalue weighted by Gasteiger charge is 2.41. The fraction of sp³-hybridized carbons (Fsp3) is 0.391. The number of ether oxygens (including phenoxy) is 1. The number of carbonyl (C=O) groups excluding carboxylic acids is 1. The summed E-state index contributed by atoms with van der Waals surface area (Å²) in [6.45, 7) is 3.86. The van der Waals surface area contributed by atoms with Crippen LogP contribution < -0.4 is 5.32 Å². The maximum Gasteiger partial charge on any atom is 0.256 e. The van der Waals surface area contributed by atoms with Crippen LogP contribution in [0.15, 0.2) is 55.0 Å². The molecule has 1 aromatic carbocycles. The average Bonchev–Trinajstić information content (AvgIpc) is 3.59. The van der Waals surface area contributed by atoms with Crippen molar-refractivity contribution in [2.24, 2.45) is 0 Å². The SMILES string of the molecule is O=C(NCC1(N2CCOCC2)CCSC1)c1cnn(-c2ccc(F)cc2)c1-n1cccc1. The highest BCUT2D eigenvalue weighted by Crippen LogP contribution is 2.33. The lowest BCUT2D eigenvalue weighted by Crippen LogP contribution is -2.59.